The lowest BCUT2D eigenvalue weighted by molar-refractivity contribution is -0.137. The Bertz CT molecular complexity index is 500. The molecule has 1 atom stereocenters. The van der Waals surface area contributed by atoms with E-state index in [4.69, 9.17) is 5.11 Å². The van der Waals surface area contributed by atoms with Gasteiger partial charge in [0.05, 0.1) is 5.60 Å². The fourth-order valence-electron chi connectivity index (χ4n) is 4.21. The third-order valence-corrected chi connectivity index (χ3v) is 6.04. The summed E-state index contributed by atoms with van der Waals surface area (Å²) in [6.07, 6.45) is 29.6. The molecule has 29 heavy (non-hydrogen) atoms. The second-order valence-electron chi connectivity index (χ2n) is 8.61. The molecular weight excluding hydrogens is 360 g/mol. The van der Waals surface area contributed by atoms with E-state index in [1.807, 2.05) is 0 Å². The molecule has 1 aliphatic rings. The Hall–Kier alpha value is -1.35. The van der Waals surface area contributed by atoms with Crippen molar-refractivity contribution in [1.29, 1.82) is 0 Å². The first-order valence-electron chi connectivity index (χ1n) is 12.0. The number of rotatable bonds is 16. The maximum Gasteiger partial charge on any atom is 0.303 e. The van der Waals surface area contributed by atoms with E-state index in [0.29, 0.717) is 5.92 Å². The van der Waals surface area contributed by atoms with E-state index in [1.54, 1.807) is 0 Å². The van der Waals surface area contributed by atoms with Gasteiger partial charge in [0.15, 0.2) is 0 Å². The van der Waals surface area contributed by atoms with Crippen LogP contribution in [0.5, 0.6) is 0 Å². The standard InChI is InChI=1S/C26H44O3/c1-2-3-17-22-26(29,24-19-14-13-15-20-24)23-18-12-10-8-6-4-5-7-9-11-16-21-25(27)28/h7,9-10,12,18,23-24,29H,2-6,8,11,13-17,19-22H2,1H3,(H,27,28)/b9-7-,12-10-,23-18+. The second-order valence-corrected chi connectivity index (χ2v) is 8.61. The zero-order chi connectivity index (χ0) is 21.2. The van der Waals surface area contributed by atoms with Gasteiger partial charge in [0, 0.05) is 6.42 Å². The molecule has 0 bridgehead atoms. The highest BCUT2D eigenvalue weighted by Gasteiger charge is 2.34. The molecule has 0 aliphatic heterocycles. The summed E-state index contributed by atoms with van der Waals surface area (Å²) in [4.78, 5) is 10.4. The molecule has 2 N–H and O–H groups in total. The highest BCUT2D eigenvalue weighted by molar-refractivity contribution is 5.66. The first kappa shape index (κ1) is 25.7. The average Bonchev–Trinajstić information content (AvgIpc) is 2.72. The summed E-state index contributed by atoms with van der Waals surface area (Å²) < 4.78 is 0. The maximum atomic E-state index is 11.3. The first-order valence-corrected chi connectivity index (χ1v) is 12.0. The van der Waals surface area contributed by atoms with Crippen LogP contribution in [0.25, 0.3) is 0 Å². The van der Waals surface area contributed by atoms with Crippen LogP contribution in [-0.4, -0.2) is 21.8 Å². The number of carboxylic acid groups (broad SMARTS) is 1. The number of aliphatic hydroxyl groups is 1. The summed E-state index contributed by atoms with van der Waals surface area (Å²) in [5, 5.41) is 19.9. The topological polar surface area (TPSA) is 57.5 Å². The Kier molecular flexibility index (Phi) is 14.6. The monoisotopic (exact) mass is 404 g/mol. The summed E-state index contributed by atoms with van der Waals surface area (Å²) in [6, 6.07) is 0. The third kappa shape index (κ3) is 12.7. The minimum atomic E-state index is -0.711. The van der Waals surface area contributed by atoms with Crippen molar-refractivity contribution < 1.29 is 15.0 Å². The third-order valence-electron chi connectivity index (χ3n) is 6.04. The molecule has 0 spiro atoms. The minimum absolute atomic E-state index is 0.261. The Morgan fingerprint density at radius 3 is 2.21 bits per heavy atom. The fraction of sp³-hybridized carbons (Fsp3) is 0.731. The van der Waals surface area contributed by atoms with Crippen LogP contribution >= 0.6 is 0 Å². The smallest absolute Gasteiger partial charge is 0.303 e. The summed E-state index contributed by atoms with van der Waals surface area (Å²) in [6.45, 7) is 2.22. The molecule has 0 radical (unpaired) electrons. The largest absolute Gasteiger partial charge is 0.481 e. The summed E-state index contributed by atoms with van der Waals surface area (Å²) in [5.41, 5.74) is -0.620. The summed E-state index contributed by atoms with van der Waals surface area (Å²) in [7, 11) is 0. The molecular formula is C26H44O3. The van der Waals surface area contributed by atoms with Gasteiger partial charge in [0.2, 0.25) is 0 Å². The molecule has 1 aliphatic carbocycles. The van der Waals surface area contributed by atoms with Crippen LogP contribution in [0.2, 0.25) is 0 Å². The number of hydrogen-bond donors (Lipinski definition) is 2. The van der Waals surface area contributed by atoms with Gasteiger partial charge in [-0.25, -0.2) is 0 Å². The van der Waals surface area contributed by atoms with Gasteiger partial charge in [-0.1, -0.05) is 81.9 Å². The summed E-state index contributed by atoms with van der Waals surface area (Å²) >= 11 is 0. The van der Waals surface area contributed by atoms with E-state index in [1.165, 1.54) is 44.9 Å². The molecule has 0 aromatic carbocycles. The zero-order valence-corrected chi connectivity index (χ0v) is 18.7. The molecule has 0 heterocycles. The van der Waals surface area contributed by atoms with Crippen molar-refractivity contribution in [2.24, 2.45) is 5.92 Å². The number of unbranched alkanes of at least 4 members (excludes halogenated alkanes) is 6. The van der Waals surface area contributed by atoms with Gasteiger partial charge >= 0.3 is 5.97 Å². The van der Waals surface area contributed by atoms with Crippen molar-refractivity contribution in [3.8, 4) is 0 Å². The minimum Gasteiger partial charge on any atom is -0.481 e. The Morgan fingerprint density at radius 2 is 1.55 bits per heavy atom. The number of hydrogen-bond acceptors (Lipinski definition) is 2. The van der Waals surface area contributed by atoms with Crippen LogP contribution in [-0.2, 0) is 4.79 Å². The average molecular weight is 405 g/mol. The molecule has 0 saturated heterocycles. The Labute approximate surface area is 179 Å². The van der Waals surface area contributed by atoms with Crippen molar-refractivity contribution in [1.82, 2.24) is 0 Å². The first-order chi connectivity index (χ1) is 14.1. The SMILES string of the molecule is CCCCCC(O)(/C=C/C=C\CCCC/C=C\CCCC(=O)O)C1CCCCC1. The molecule has 0 aromatic rings. The number of aliphatic carboxylic acids is 1. The Morgan fingerprint density at radius 1 is 0.897 bits per heavy atom. The molecule has 0 amide bonds. The molecule has 1 saturated carbocycles. The van der Waals surface area contributed by atoms with Crippen molar-refractivity contribution in [2.75, 3.05) is 0 Å². The van der Waals surface area contributed by atoms with Gasteiger partial charge in [-0.2, -0.15) is 0 Å². The molecule has 3 nitrogen and oxygen atoms in total. The van der Waals surface area contributed by atoms with E-state index >= 15 is 0 Å². The fourth-order valence-corrected chi connectivity index (χ4v) is 4.21. The van der Waals surface area contributed by atoms with E-state index in [-0.39, 0.29) is 6.42 Å². The molecule has 1 rings (SSSR count). The van der Waals surface area contributed by atoms with Gasteiger partial charge < -0.3 is 10.2 Å². The van der Waals surface area contributed by atoms with Crippen LogP contribution in [0.1, 0.15) is 110 Å². The van der Waals surface area contributed by atoms with Crippen LogP contribution in [0.15, 0.2) is 36.5 Å². The Balaban J connectivity index is 2.25. The molecule has 0 aromatic heterocycles. The van der Waals surface area contributed by atoms with E-state index in [0.717, 1.165) is 51.4 Å². The van der Waals surface area contributed by atoms with Crippen molar-refractivity contribution in [2.45, 2.75) is 115 Å². The van der Waals surface area contributed by atoms with Gasteiger partial charge in [0.25, 0.3) is 0 Å². The predicted octanol–water partition coefficient (Wildman–Crippen LogP) is 7.36. The van der Waals surface area contributed by atoms with Crippen molar-refractivity contribution >= 4 is 5.97 Å². The lowest BCUT2D eigenvalue weighted by Crippen LogP contribution is -2.37. The quantitative estimate of drug-likeness (QED) is 0.160. The zero-order valence-electron chi connectivity index (χ0n) is 18.7. The number of allylic oxidation sites excluding steroid dienone is 5. The van der Waals surface area contributed by atoms with Crippen molar-refractivity contribution in [3.05, 3.63) is 36.5 Å². The van der Waals surface area contributed by atoms with Crippen LogP contribution in [0, 0.1) is 5.92 Å². The lowest BCUT2D eigenvalue weighted by Gasteiger charge is -2.36. The summed E-state index contributed by atoms with van der Waals surface area (Å²) in [5.74, 6) is -0.280. The highest BCUT2D eigenvalue weighted by atomic mass is 16.4. The van der Waals surface area contributed by atoms with Crippen LogP contribution < -0.4 is 0 Å². The van der Waals surface area contributed by atoms with Gasteiger partial charge in [0.1, 0.15) is 0 Å². The number of carboxylic acids is 1. The van der Waals surface area contributed by atoms with E-state index < -0.39 is 11.6 Å². The van der Waals surface area contributed by atoms with E-state index in [2.05, 4.69) is 43.4 Å². The predicted molar refractivity (Wildman–Crippen MR) is 123 cm³/mol. The normalized spacial score (nSPS) is 18.1. The molecule has 166 valence electrons. The molecule has 3 heteroatoms. The molecule has 1 fully saturated rings. The maximum absolute atomic E-state index is 11.3. The lowest BCUT2D eigenvalue weighted by atomic mass is 9.74. The van der Waals surface area contributed by atoms with Crippen LogP contribution in [0.3, 0.4) is 0 Å². The van der Waals surface area contributed by atoms with Crippen molar-refractivity contribution in [3.63, 3.8) is 0 Å². The van der Waals surface area contributed by atoms with Gasteiger partial charge in [-0.15, -0.1) is 0 Å². The van der Waals surface area contributed by atoms with Crippen LogP contribution in [0.4, 0.5) is 0 Å². The number of carbonyl (C=O) groups is 1. The second kappa shape index (κ2) is 16.4. The highest BCUT2D eigenvalue weighted by Crippen LogP contribution is 2.37. The van der Waals surface area contributed by atoms with Gasteiger partial charge in [-0.05, 0) is 63.7 Å². The van der Waals surface area contributed by atoms with E-state index in [9.17, 15) is 9.90 Å². The van der Waals surface area contributed by atoms with Gasteiger partial charge in [-0.3, -0.25) is 4.79 Å². The molecule has 1 unspecified atom stereocenters.